The predicted molar refractivity (Wildman–Crippen MR) is 217 cm³/mol. The molecule has 0 saturated carbocycles. The molecule has 0 atom stereocenters. The minimum absolute atomic E-state index is 0. The Labute approximate surface area is 338 Å². The van der Waals surface area contributed by atoms with Gasteiger partial charge in [0.05, 0.1) is 29.0 Å². The Kier molecular flexibility index (Phi) is 14.7. The van der Waals surface area contributed by atoms with Crippen molar-refractivity contribution in [3.05, 3.63) is 147 Å². The summed E-state index contributed by atoms with van der Waals surface area (Å²) in [5.41, 5.74) is 4.44. The van der Waals surface area contributed by atoms with Crippen molar-refractivity contribution in [3.8, 4) is 34.9 Å². The lowest BCUT2D eigenvalue weighted by atomic mass is 10.1. The van der Waals surface area contributed by atoms with Crippen LogP contribution in [0.25, 0.3) is 6.08 Å². The third-order valence-electron chi connectivity index (χ3n) is 8.87. The summed E-state index contributed by atoms with van der Waals surface area (Å²) >= 11 is 6.61. The van der Waals surface area contributed by atoms with Crippen molar-refractivity contribution in [2.24, 2.45) is 0 Å². The van der Waals surface area contributed by atoms with Crippen LogP contribution in [0.15, 0.2) is 103 Å². The third-order valence-corrected chi connectivity index (χ3v) is 9.15. The van der Waals surface area contributed by atoms with Crippen molar-refractivity contribution >= 4 is 36.0 Å². The SMILES string of the molecule is Cc1cc(/C=C/C(=O)N2CCN(Cc3ccc(COc4ccc(OC(C)C)cc4)c(F)c3)CC2)cc(Cl)c1Oc1ccc(OCc2ccc(C#N)cc2)cn1.Cl. The van der Waals surface area contributed by atoms with E-state index in [2.05, 4.69) is 16.0 Å². The molecule has 0 spiro atoms. The Morgan fingerprint density at radius 1 is 0.893 bits per heavy atom. The Bertz CT molecular complexity index is 2130. The van der Waals surface area contributed by atoms with Crippen LogP contribution in [0.5, 0.6) is 28.9 Å². The number of amides is 1. The number of carbonyl (C=O) groups excluding carboxylic acids is 1. The first kappa shape index (κ1) is 41.6. The van der Waals surface area contributed by atoms with Gasteiger partial charge in [-0.3, -0.25) is 9.69 Å². The molecule has 1 fully saturated rings. The number of rotatable bonds is 14. The first-order chi connectivity index (χ1) is 26.6. The maximum absolute atomic E-state index is 15.0. The summed E-state index contributed by atoms with van der Waals surface area (Å²) in [5.74, 6) is 2.42. The smallest absolute Gasteiger partial charge is 0.246 e. The zero-order chi connectivity index (χ0) is 38.7. The summed E-state index contributed by atoms with van der Waals surface area (Å²) in [6.07, 6.45) is 4.97. The number of hydrogen-bond acceptors (Lipinski definition) is 8. The van der Waals surface area contributed by atoms with Crippen molar-refractivity contribution in [1.29, 1.82) is 5.26 Å². The van der Waals surface area contributed by atoms with Gasteiger partial charge < -0.3 is 23.8 Å². The number of hydrogen-bond donors (Lipinski definition) is 0. The Morgan fingerprint density at radius 3 is 2.21 bits per heavy atom. The van der Waals surface area contributed by atoms with E-state index in [-0.39, 0.29) is 36.8 Å². The minimum atomic E-state index is -0.306. The van der Waals surface area contributed by atoms with Crippen LogP contribution in [0.1, 0.15) is 47.2 Å². The number of carbonyl (C=O) groups is 1. The lowest BCUT2D eigenvalue weighted by Crippen LogP contribution is -2.47. The van der Waals surface area contributed by atoms with E-state index < -0.39 is 0 Å². The maximum Gasteiger partial charge on any atom is 0.246 e. The highest BCUT2D eigenvalue weighted by atomic mass is 35.5. The highest BCUT2D eigenvalue weighted by molar-refractivity contribution is 6.32. The summed E-state index contributed by atoms with van der Waals surface area (Å²) in [4.78, 5) is 21.4. The van der Waals surface area contributed by atoms with Crippen LogP contribution >= 0.6 is 24.0 Å². The van der Waals surface area contributed by atoms with Crippen molar-refractivity contribution in [2.45, 2.75) is 46.6 Å². The van der Waals surface area contributed by atoms with Crippen LogP contribution in [0.4, 0.5) is 4.39 Å². The average molecular weight is 798 g/mol. The molecule has 0 N–H and O–H groups in total. The van der Waals surface area contributed by atoms with E-state index in [9.17, 15) is 9.18 Å². The highest BCUT2D eigenvalue weighted by Gasteiger charge is 2.20. The van der Waals surface area contributed by atoms with Gasteiger partial charge >= 0.3 is 0 Å². The van der Waals surface area contributed by atoms with Gasteiger partial charge in [0.2, 0.25) is 11.8 Å². The minimum Gasteiger partial charge on any atom is -0.491 e. The van der Waals surface area contributed by atoms with Crippen LogP contribution in [-0.4, -0.2) is 53.0 Å². The van der Waals surface area contributed by atoms with E-state index in [4.69, 9.17) is 35.8 Å². The average Bonchev–Trinajstić information content (AvgIpc) is 3.18. The third kappa shape index (κ3) is 11.7. The fraction of sp³-hybridized carbons (Fsp3) is 0.250. The van der Waals surface area contributed by atoms with Crippen LogP contribution in [0.3, 0.4) is 0 Å². The van der Waals surface area contributed by atoms with Gasteiger partial charge in [-0.1, -0.05) is 35.9 Å². The quantitative estimate of drug-likeness (QED) is 0.103. The van der Waals surface area contributed by atoms with Crippen LogP contribution in [0.2, 0.25) is 5.02 Å². The lowest BCUT2D eigenvalue weighted by molar-refractivity contribution is -0.127. The fourth-order valence-electron chi connectivity index (χ4n) is 5.95. The second-order valence-electron chi connectivity index (χ2n) is 13.5. The Balaban J connectivity index is 0.00000600. The van der Waals surface area contributed by atoms with E-state index in [1.54, 1.807) is 60.8 Å². The molecule has 290 valence electrons. The molecule has 12 heteroatoms. The molecule has 1 amide bonds. The molecule has 4 aromatic carbocycles. The Hall–Kier alpha value is -5.60. The largest absolute Gasteiger partial charge is 0.491 e. The van der Waals surface area contributed by atoms with Gasteiger partial charge in [-0.15, -0.1) is 12.4 Å². The normalized spacial score (nSPS) is 12.9. The number of pyridine rings is 1. The molecular weight excluding hydrogens is 754 g/mol. The molecule has 1 aromatic heterocycles. The molecule has 0 aliphatic carbocycles. The lowest BCUT2D eigenvalue weighted by Gasteiger charge is -2.34. The molecular formula is C44H43Cl2FN4O5. The van der Waals surface area contributed by atoms with Crippen molar-refractivity contribution in [2.75, 3.05) is 26.2 Å². The monoisotopic (exact) mass is 796 g/mol. The van der Waals surface area contributed by atoms with Gasteiger partial charge in [-0.2, -0.15) is 5.26 Å². The van der Waals surface area contributed by atoms with Gasteiger partial charge in [-0.05, 0) is 110 Å². The molecule has 0 unspecified atom stereocenters. The van der Waals surface area contributed by atoms with Crippen LogP contribution in [-0.2, 0) is 24.6 Å². The van der Waals surface area contributed by atoms with Gasteiger partial charge in [-0.25, -0.2) is 9.37 Å². The molecule has 2 heterocycles. The molecule has 0 bridgehead atoms. The van der Waals surface area contributed by atoms with Gasteiger partial charge in [0.1, 0.15) is 36.3 Å². The van der Waals surface area contributed by atoms with Crippen molar-refractivity contribution < 1.29 is 28.1 Å². The first-order valence-corrected chi connectivity index (χ1v) is 18.4. The predicted octanol–water partition coefficient (Wildman–Crippen LogP) is 9.57. The molecule has 9 nitrogen and oxygen atoms in total. The van der Waals surface area contributed by atoms with E-state index in [0.717, 1.165) is 28.0 Å². The number of benzene rings is 4. The van der Waals surface area contributed by atoms with Crippen LogP contribution < -0.4 is 18.9 Å². The molecule has 5 aromatic rings. The topological polar surface area (TPSA) is 97.2 Å². The zero-order valence-corrected chi connectivity index (χ0v) is 33.0. The molecule has 0 radical (unpaired) electrons. The van der Waals surface area contributed by atoms with Crippen LogP contribution in [0, 0.1) is 24.1 Å². The summed E-state index contributed by atoms with van der Waals surface area (Å²) in [6.45, 7) is 9.36. The molecule has 1 saturated heterocycles. The second-order valence-corrected chi connectivity index (χ2v) is 13.9. The zero-order valence-electron chi connectivity index (χ0n) is 31.4. The molecule has 6 rings (SSSR count). The number of ether oxygens (including phenoxy) is 4. The number of halogens is 3. The van der Waals surface area contributed by atoms with Gasteiger partial charge in [0, 0.05) is 50.4 Å². The fourth-order valence-corrected chi connectivity index (χ4v) is 6.27. The molecule has 56 heavy (non-hydrogen) atoms. The van der Waals surface area contributed by atoms with E-state index in [1.165, 1.54) is 0 Å². The maximum atomic E-state index is 15.0. The van der Waals surface area contributed by atoms with Crippen molar-refractivity contribution in [1.82, 2.24) is 14.8 Å². The van der Waals surface area contributed by atoms with Gasteiger partial charge in [0.15, 0.2) is 5.75 Å². The highest BCUT2D eigenvalue weighted by Crippen LogP contribution is 2.34. The number of piperazine rings is 1. The number of aromatic nitrogens is 1. The number of nitrogens with zero attached hydrogens (tertiary/aromatic N) is 4. The number of aryl methyl sites for hydroxylation is 1. The summed E-state index contributed by atoms with van der Waals surface area (Å²) in [6, 6.07) is 29.0. The van der Waals surface area contributed by atoms with E-state index >= 15 is 0 Å². The second kappa shape index (κ2) is 19.8. The van der Waals surface area contributed by atoms with E-state index in [1.807, 2.05) is 74.2 Å². The van der Waals surface area contributed by atoms with Gasteiger partial charge in [0.25, 0.3) is 0 Å². The first-order valence-electron chi connectivity index (χ1n) is 18.0. The van der Waals surface area contributed by atoms with Crippen molar-refractivity contribution in [3.63, 3.8) is 0 Å². The molecule has 1 aliphatic rings. The summed E-state index contributed by atoms with van der Waals surface area (Å²) in [7, 11) is 0. The summed E-state index contributed by atoms with van der Waals surface area (Å²) < 4.78 is 38.2. The number of nitriles is 1. The van der Waals surface area contributed by atoms with E-state index in [0.29, 0.717) is 78.6 Å². The molecule has 1 aliphatic heterocycles. The summed E-state index contributed by atoms with van der Waals surface area (Å²) in [5, 5.41) is 9.35. The standard InChI is InChI=1S/C44H42ClFN4O5.ClH/c1-30(2)54-38-13-11-37(12-14-38)53-29-36-10-8-35(24-41(36)46)27-49-18-20-50(21-19-49)43(51)17-9-34-22-31(3)44(40(45)23-34)55-42-16-15-39(26-48-42)52-28-33-6-4-32(25-47)5-7-33;/h4-17,22-24,26,30H,18-21,27-29H2,1-3H3;1H/b17-9+;. The Morgan fingerprint density at radius 2 is 1.57 bits per heavy atom.